The summed E-state index contributed by atoms with van der Waals surface area (Å²) in [4.78, 5) is 27.9. The van der Waals surface area contributed by atoms with Gasteiger partial charge < -0.3 is 4.42 Å². The zero-order valence-corrected chi connectivity index (χ0v) is 14.5. The van der Waals surface area contributed by atoms with Crippen LogP contribution < -0.4 is 4.90 Å². The molecule has 0 unspecified atom stereocenters. The van der Waals surface area contributed by atoms with Crippen molar-refractivity contribution < 1.29 is 14.0 Å². The average molecular weight is 355 g/mol. The molecule has 8 rings (SSSR count). The SMILES string of the molecule is O=C1[C@@H]2[C@H]3C=C[C@@H]([C@@H]4C[C@@H]34)[C@H]2C(=O)N1c1ccc2c(c1)oc1ccccc12. The maximum absolute atomic E-state index is 13.3. The van der Waals surface area contributed by atoms with Gasteiger partial charge in [-0.25, -0.2) is 4.90 Å². The van der Waals surface area contributed by atoms with Crippen LogP contribution in [0.15, 0.2) is 59.0 Å². The lowest BCUT2D eigenvalue weighted by Crippen LogP contribution is -2.40. The molecule has 3 aromatic rings. The molecule has 6 atom stereocenters. The van der Waals surface area contributed by atoms with Crippen LogP contribution in [0.3, 0.4) is 0 Å². The highest BCUT2D eigenvalue weighted by Gasteiger charge is 2.67. The lowest BCUT2D eigenvalue weighted by molar-refractivity contribution is -0.124. The number of carbonyl (C=O) groups excluding carboxylic acids is 2. The number of rotatable bonds is 1. The van der Waals surface area contributed by atoms with E-state index in [0.29, 0.717) is 23.1 Å². The number of benzene rings is 2. The lowest BCUT2D eigenvalue weighted by Gasteiger charge is -2.37. The van der Waals surface area contributed by atoms with E-state index in [1.54, 1.807) is 0 Å². The Kier molecular flexibility index (Phi) is 2.37. The summed E-state index contributed by atoms with van der Waals surface area (Å²) >= 11 is 0. The van der Waals surface area contributed by atoms with Crippen LogP contribution in [0.25, 0.3) is 21.9 Å². The number of anilines is 1. The Morgan fingerprint density at radius 1 is 0.815 bits per heavy atom. The van der Waals surface area contributed by atoms with Gasteiger partial charge in [-0.05, 0) is 48.3 Å². The van der Waals surface area contributed by atoms with Crippen LogP contribution in [0, 0.1) is 35.5 Å². The number of furan rings is 1. The molecule has 4 aliphatic carbocycles. The first-order valence-corrected chi connectivity index (χ1v) is 9.70. The van der Waals surface area contributed by atoms with Gasteiger partial charge in [-0.1, -0.05) is 30.4 Å². The minimum atomic E-state index is -0.164. The van der Waals surface area contributed by atoms with Gasteiger partial charge in [0.05, 0.1) is 17.5 Å². The zero-order valence-electron chi connectivity index (χ0n) is 14.5. The number of imide groups is 1. The normalized spacial score (nSPS) is 35.9. The summed E-state index contributed by atoms with van der Waals surface area (Å²) in [7, 11) is 0. The second-order valence-corrected chi connectivity index (χ2v) is 8.45. The van der Waals surface area contributed by atoms with E-state index in [4.69, 9.17) is 4.42 Å². The number of nitrogens with zero attached hydrogens (tertiary/aromatic N) is 1. The van der Waals surface area contributed by atoms with Crippen molar-refractivity contribution in [2.75, 3.05) is 4.90 Å². The van der Waals surface area contributed by atoms with E-state index in [9.17, 15) is 9.59 Å². The molecule has 4 nitrogen and oxygen atoms in total. The van der Waals surface area contributed by atoms with E-state index in [1.165, 1.54) is 11.3 Å². The van der Waals surface area contributed by atoms with Gasteiger partial charge in [0.15, 0.2) is 0 Å². The summed E-state index contributed by atoms with van der Waals surface area (Å²) in [6.07, 6.45) is 5.59. The molecule has 2 bridgehead atoms. The molecule has 0 radical (unpaired) electrons. The molecule has 0 N–H and O–H groups in total. The maximum atomic E-state index is 13.3. The highest BCUT2D eigenvalue weighted by Crippen LogP contribution is 2.65. The lowest BCUT2D eigenvalue weighted by atomic mass is 9.63. The first-order valence-electron chi connectivity index (χ1n) is 9.70. The Hall–Kier alpha value is -2.88. The number of para-hydroxylation sites is 1. The molecule has 1 saturated heterocycles. The molecular formula is C23H17NO3. The molecule has 2 saturated carbocycles. The minimum absolute atomic E-state index is 0.0230. The van der Waals surface area contributed by atoms with Crippen LogP contribution >= 0.6 is 0 Å². The Labute approximate surface area is 155 Å². The quantitative estimate of drug-likeness (QED) is 0.487. The predicted octanol–water partition coefficient (Wildman–Crippen LogP) is 4.14. The van der Waals surface area contributed by atoms with Crippen molar-refractivity contribution >= 4 is 39.4 Å². The van der Waals surface area contributed by atoms with E-state index in [-0.39, 0.29) is 35.5 Å². The third-order valence-electron chi connectivity index (χ3n) is 7.28. The van der Waals surface area contributed by atoms with Crippen molar-refractivity contribution in [3.05, 3.63) is 54.6 Å². The summed E-state index contributed by atoms with van der Waals surface area (Å²) in [5.74, 6) is 1.37. The van der Waals surface area contributed by atoms with Crippen LogP contribution in [-0.2, 0) is 9.59 Å². The van der Waals surface area contributed by atoms with Crippen LogP contribution in [0.1, 0.15) is 6.42 Å². The summed E-state index contributed by atoms with van der Waals surface area (Å²) < 4.78 is 5.96. The fourth-order valence-electron chi connectivity index (χ4n) is 6.07. The predicted molar refractivity (Wildman–Crippen MR) is 101 cm³/mol. The smallest absolute Gasteiger partial charge is 0.238 e. The molecule has 132 valence electrons. The Morgan fingerprint density at radius 3 is 2.22 bits per heavy atom. The highest BCUT2D eigenvalue weighted by atomic mass is 16.3. The van der Waals surface area contributed by atoms with Gasteiger partial charge in [-0.15, -0.1) is 0 Å². The summed E-state index contributed by atoms with van der Waals surface area (Å²) in [6.45, 7) is 0. The number of carbonyl (C=O) groups is 2. The molecular weight excluding hydrogens is 338 g/mol. The fourth-order valence-corrected chi connectivity index (χ4v) is 6.07. The van der Waals surface area contributed by atoms with Gasteiger partial charge in [0.1, 0.15) is 11.2 Å². The molecule has 0 spiro atoms. The monoisotopic (exact) mass is 355 g/mol. The van der Waals surface area contributed by atoms with Gasteiger partial charge in [0.2, 0.25) is 11.8 Å². The van der Waals surface area contributed by atoms with Crippen LogP contribution in [-0.4, -0.2) is 11.8 Å². The second kappa shape index (κ2) is 4.50. The molecule has 1 aliphatic heterocycles. The number of allylic oxidation sites excluding steroid dienone is 2. The van der Waals surface area contributed by atoms with Gasteiger partial charge in [0, 0.05) is 16.8 Å². The van der Waals surface area contributed by atoms with Gasteiger partial charge in [0.25, 0.3) is 0 Å². The molecule has 5 aliphatic rings. The van der Waals surface area contributed by atoms with Crippen molar-refractivity contribution in [2.45, 2.75) is 6.42 Å². The van der Waals surface area contributed by atoms with Gasteiger partial charge in [-0.2, -0.15) is 0 Å². The van der Waals surface area contributed by atoms with Gasteiger partial charge in [-0.3, -0.25) is 9.59 Å². The molecule has 2 aromatic carbocycles. The largest absolute Gasteiger partial charge is 0.456 e. The van der Waals surface area contributed by atoms with E-state index in [2.05, 4.69) is 12.2 Å². The Balaban J connectivity index is 1.36. The standard InChI is InChI=1S/C23H17NO3/c25-22-20-14-7-8-15(17-10-16(14)17)21(20)23(26)24(22)11-5-6-13-12-3-1-2-4-18(12)27-19(13)9-11/h1-9,14-17,20-21H,10H2/t14-,15-,16-,17-,20+,21+/m0/s1. The van der Waals surface area contributed by atoms with E-state index < -0.39 is 0 Å². The summed E-state index contributed by atoms with van der Waals surface area (Å²) in [5, 5.41) is 2.06. The number of amides is 2. The first kappa shape index (κ1) is 14.2. The van der Waals surface area contributed by atoms with E-state index >= 15 is 0 Å². The third-order valence-corrected chi connectivity index (χ3v) is 7.28. The fraction of sp³-hybridized carbons (Fsp3) is 0.304. The van der Waals surface area contributed by atoms with Crippen molar-refractivity contribution in [3.8, 4) is 0 Å². The van der Waals surface area contributed by atoms with E-state index in [1.807, 2.05) is 42.5 Å². The molecule has 27 heavy (non-hydrogen) atoms. The van der Waals surface area contributed by atoms with Crippen molar-refractivity contribution in [1.82, 2.24) is 0 Å². The Morgan fingerprint density at radius 2 is 1.48 bits per heavy atom. The highest BCUT2D eigenvalue weighted by molar-refractivity contribution is 6.23. The third kappa shape index (κ3) is 1.61. The number of fused-ring (bicyclic) bond motifs is 3. The Bertz CT molecular complexity index is 1170. The molecule has 2 amide bonds. The molecule has 2 heterocycles. The van der Waals surface area contributed by atoms with Gasteiger partial charge >= 0.3 is 0 Å². The summed E-state index contributed by atoms with van der Waals surface area (Å²) in [5.41, 5.74) is 2.17. The number of hydrogen-bond donors (Lipinski definition) is 0. The van der Waals surface area contributed by atoms with Crippen molar-refractivity contribution in [3.63, 3.8) is 0 Å². The van der Waals surface area contributed by atoms with Crippen LogP contribution in [0.2, 0.25) is 0 Å². The molecule has 3 fully saturated rings. The minimum Gasteiger partial charge on any atom is -0.456 e. The van der Waals surface area contributed by atoms with Crippen molar-refractivity contribution in [2.24, 2.45) is 35.5 Å². The summed E-state index contributed by atoms with van der Waals surface area (Å²) in [6, 6.07) is 13.6. The number of hydrogen-bond acceptors (Lipinski definition) is 3. The molecule has 4 heteroatoms. The maximum Gasteiger partial charge on any atom is 0.238 e. The topological polar surface area (TPSA) is 50.5 Å². The van der Waals surface area contributed by atoms with Crippen molar-refractivity contribution in [1.29, 1.82) is 0 Å². The van der Waals surface area contributed by atoms with E-state index in [0.717, 1.165) is 16.4 Å². The second-order valence-electron chi connectivity index (χ2n) is 8.45. The van der Waals surface area contributed by atoms with Crippen LogP contribution in [0.5, 0.6) is 0 Å². The molecule has 1 aromatic heterocycles. The zero-order chi connectivity index (χ0) is 17.9. The average Bonchev–Trinajstić information content (AvgIpc) is 3.38. The first-order chi connectivity index (χ1) is 13.2. The van der Waals surface area contributed by atoms with Crippen LogP contribution in [0.4, 0.5) is 5.69 Å².